The van der Waals surface area contributed by atoms with Crippen LogP contribution in [0.1, 0.15) is 5.56 Å². The van der Waals surface area contributed by atoms with Crippen molar-refractivity contribution >= 4 is 29.2 Å². The number of hydrogen-bond donors (Lipinski definition) is 1. The highest BCUT2D eigenvalue weighted by atomic mass is 35.5. The van der Waals surface area contributed by atoms with E-state index in [1.165, 1.54) is 0 Å². The van der Waals surface area contributed by atoms with Gasteiger partial charge in [0.2, 0.25) is 5.89 Å². The van der Waals surface area contributed by atoms with Crippen LogP contribution in [0.3, 0.4) is 0 Å². The van der Waals surface area contributed by atoms with Crippen molar-refractivity contribution in [1.29, 1.82) is 0 Å². The van der Waals surface area contributed by atoms with E-state index in [4.69, 9.17) is 38.1 Å². The maximum Gasteiger partial charge on any atom is 0.313 e. The van der Waals surface area contributed by atoms with Crippen molar-refractivity contribution < 1.29 is 9.15 Å². The van der Waals surface area contributed by atoms with Crippen LogP contribution in [0.4, 0.5) is 6.01 Å². The second-order valence-corrected chi connectivity index (χ2v) is 5.34. The molecule has 22 heavy (non-hydrogen) atoms. The topological polar surface area (TPSA) is 74.2 Å². The van der Waals surface area contributed by atoms with Crippen LogP contribution >= 0.6 is 23.2 Å². The van der Waals surface area contributed by atoms with Gasteiger partial charge in [0.05, 0.1) is 0 Å². The quantitative estimate of drug-likeness (QED) is 0.773. The standard InChI is InChI=1S/C15H11Cl2N3O2/c16-11-4-1-10(13(17)7-11)8-21-12-5-2-9(3-6-12)14-19-20-15(18)22-14/h1-7H,8H2,(H2,18,20). The van der Waals surface area contributed by atoms with Crippen LogP contribution in [-0.4, -0.2) is 10.2 Å². The molecule has 1 heterocycles. The zero-order chi connectivity index (χ0) is 15.5. The Kier molecular flexibility index (Phi) is 4.18. The van der Waals surface area contributed by atoms with Crippen LogP contribution < -0.4 is 10.5 Å². The smallest absolute Gasteiger partial charge is 0.313 e. The summed E-state index contributed by atoms with van der Waals surface area (Å²) < 4.78 is 10.8. The number of nitrogen functional groups attached to an aromatic ring is 1. The minimum atomic E-state index is 0.0349. The molecule has 0 aliphatic carbocycles. The Hall–Kier alpha value is -2.24. The van der Waals surface area contributed by atoms with Gasteiger partial charge in [0.25, 0.3) is 0 Å². The van der Waals surface area contributed by atoms with E-state index in [-0.39, 0.29) is 6.01 Å². The summed E-state index contributed by atoms with van der Waals surface area (Å²) in [6.45, 7) is 0.350. The average Bonchev–Trinajstić information content (AvgIpc) is 2.93. The zero-order valence-electron chi connectivity index (χ0n) is 11.3. The summed E-state index contributed by atoms with van der Waals surface area (Å²) >= 11 is 12.0. The molecule has 0 saturated heterocycles. The molecule has 0 aliphatic heterocycles. The molecular formula is C15H11Cl2N3O2. The van der Waals surface area contributed by atoms with Crippen LogP contribution in [0, 0.1) is 0 Å². The first-order valence-corrected chi connectivity index (χ1v) is 7.13. The normalized spacial score (nSPS) is 10.6. The molecular weight excluding hydrogens is 325 g/mol. The lowest BCUT2D eigenvalue weighted by Crippen LogP contribution is -1.96. The first kappa shape index (κ1) is 14.7. The molecule has 0 atom stereocenters. The van der Waals surface area contributed by atoms with E-state index in [1.807, 2.05) is 18.2 Å². The number of benzene rings is 2. The van der Waals surface area contributed by atoms with Crippen LogP contribution in [0.15, 0.2) is 46.9 Å². The molecule has 0 aliphatic rings. The van der Waals surface area contributed by atoms with Crippen molar-refractivity contribution in [2.24, 2.45) is 0 Å². The Balaban J connectivity index is 1.68. The molecule has 3 aromatic rings. The van der Waals surface area contributed by atoms with Crippen molar-refractivity contribution in [3.63, 3.8) is 0 Å². The van der Waals surface area contributed by atoms with Gasteiger partial charge in [0.15, 0.2) is 0 Å². The van der Waals surface area contributed by atoms with Gasteiger partial charge < -0.3 is 14.9 Å². The molecule has 0 unspecified atom stereocenters. The molecule has 1 aromatic heterocycles. The van der Waals surface area contributed by atoms with Gasteiger partial charge in [-0.3, -0.25) is 0 Å². The predicted octanol–water partition coefficient (Wildman–Crippen LogP) is 4.20. The number of rotatable bonds is 4. The number of nitrogens with two attached hydrogens (primary N) is 1. The third-order valence-electron chi connectivity index (χ3n) is 2.95. The molecule has 112 valence electrons. The van der Waals surface area contributed by atoms with E-state index in [0.717, 1.165) is 11.1 Å². The maximum atomic E-state index is 6.10. The fourth-order valence-corrected chi connectivity index (χ4v) is 2.31. The predicted molar refractivity (Wildman–Crippen MR) is 84.9 cm³/mol. The van der Waals surface area contributed by atoms with Gasteiger partial charge in [-0.15, -0.1) is 5.10 Å². The van der Waals surface area contributed by atoms with Gasteiger partial charge in [0.1, 0.15) is 12.4 Å². The minimum Gasteiger partial charge on any atom is -0.489 e. The lowest BCUT2D eigenvalue weighted by Gasteiger charge is -2.08. The fraction of sp³-hybridized carbons (Fsp3) is 0.0667. The van der Waals surface area contributed by atoms with Gasteiger partial charge in [-0.1, -0.05) is 34.4 Å². The molecule has 5 nitrogen and oxygen atoms in total. The number of anilines is 1. The maximum absolute atomic E-state index is 6.10. The van der Waals surface area contributed by atoms with E-state index in [0.29, 0.717) is 28.3 Å². The van der Waals surface area contributed by atoms with E-state index < -0.39 is 0 Å². The van der Waals surface area contributed by atoms with E-state index in [2.05, 4.69) is 10.2 Å². The molecule has 0 radical (unpaired) electrons. The monoisotopic (exact) mass is 335 g/mol. The number of halogens is 2. The number of hydrogen-bond acceptors (Lipinski definition) is 5. The van der Waals surface area contributed by atoms with Crippen molar-refractivity contribution in [2.45, 2.75) is 6.61 Å². The average molecular weight is 336 g/mol. The summed E-state index contributed by atoms with van der Waals surface area (Å²) in [5, 5.41) is 8.60. The SMILES string of the molecule is Nc1nnc(-c2ccc(OCc3ccc(Cl)cc3Cl)cc2)o1. The molecule has 2 N–H and O–H groups in total. The van der Waals surface area contributed by atoms with Gasteiger partial charge in [-0.05, 0) is 36.4 Å². The molecule has 0 amide bonds. The summed E-state index contributed by atoms with van der Waals surface area (Å²) in [6.07, 6.45) is 0. The molecule has 0 saturated carbocycles. The number of ether oxygens (including phenoxy) is 1. The molecule has 7 heteroatoms. The first-order chi connectivity index (χ1) is 10.6. The summed E-state index contributed by atoms with van der Waals surface area (Å²) in [5.41, 5.74) is 7.02. The second kappa shape index (κ2) is 6.25. The highest BCUT2D eigenvalue weighted by Crippen LogP contribution is 2.25. The molecule has 3 rings (SSSR count). The Bertz CT molecular complexity index is 788. The summed E-state index contributed by atoms with van der Waals surface area (Å²) in [5.74, 6) is 1.06. The van der Waals surface area contributed by atoms with Crippen molar-refractivity contribution in [3.8, 4) is 17.2 Å². The zero-order valence-corrected chi connectivity index (χ0v) is 12.8. The van der Waals surface area contributed by atoms with E-state index in [1.54, 1.807) is 24.3 Å². The second-order valence-electron chi connectivity index (χ2n) is 4.49. The Labute approximate surface area is 136 Å². The number of aromatic nitrogens is 2. The lowest BCUT2D eigenvalue weighted by atomic mass is 10.2. The van der Waals surface area contributed by atoms with E-state index >= 15 is 0 Å². The Morgan fingerprint density at radius 2 is 1.82 bits per heavy atom. The molecule has 0 bridgehead atoms. The third-order valence-corrected chi connectivity index (χ3v) is 3.54. The van der Waals surface area contributed by atoms with Crippen LogP contribution in [-0.2, 0) is 6.61 Å². The highest BCUT2D eigenvalue weighted by Gasteiger charge is 2.07. The van der Waals surface area contributed by atoms with Gasteiger partial charge in [-0.2, -0.15) is 0 Å². The van der Waals surface area contributed by atoms with Crippen LogP contribution in [0.25, 0.3) is 11.5 Å². The van der Waals surface area contributed by atoms with Crippen molar-refractivity contribution in [3.05, 3.63) is 58.1 Å². The molecule has 0 fully saturated rings. The first-order valence-electron chi connectivity index (χ1n) is 6.38. The van der Waals surface area contributed by atoms with E-state index in [9.17, 15) is 0 Å². The summed E-state index contributed by atoms with van der Waals surface area (Å²) in [4.78, 5) is 0. The van der Waals surface area contributed by atoms with Gasteiger partial charge >= 0.3 is 6.01 Å². The van der Waals surface area contributed by atoms with Crippen LogP contribution in [0.2, 0.25) is 10.0 Å². The van der Waals surface area contributed by atoms with Crippen molar-refractivity contribution in [2.75, 3.05) is 5.73 Å². The largest absolute Gasteiger partial charge is 0.489 e. The van der Waals surface area contributed by atoms with Gasteiger partial charge in [0, 0.05) is 21.2 Å². The lowest BCUT2D eigenvalue weighted by molar-refractivity contribution is 0.306. The van der Waals surface area contributed by atoms with Gasteiger partial charge in [-0.25, -0.2) is 0 Å². The Morgan fingerprint density at radius 3 is 2.45 bits per heavy atom. The fourth-order valence-electron chi connectivity index (χ4n) is 1.84. The highest BCUT2D eigenvalue weighted by molar-refractivity contribution is 6.35. The molecule has 0 spiro atoms. The van der Waals surface area contributed by atoms with Crippen molar-refractivity contribution in [1.82, 2.24) is 10.2 Å². The third kappa shape index (κ3) is 3.32. The van der Waals surface area contributed by atoms with Crippen LogP contribution in [0.5, 0.6) is 5.75 Å². The summed E-state index contributed by atoms with van der Waals surface area (Å²) in [6, 6.07) is 12.6. The number of nitrogens with zero attached hydrogens (tertiary/aromatic N) is 2. The summed E-state index contributed by atoms with van der Waals surface area (Å²) in [7, 11) is 0. The Morgan fingerprint density at radius 1 is 1.05 bits per heavy atom. The minimum absolute atomic E-state index is 0.0349. The molecule has 2 aromatic carbocycles.